The van der Waals surface area contributed by atoms with Crippen molar-refractivity contribution in [3.8, 4) is 0 Å². The van der Waals surface area contributed by atoms with Crippen molar-refractivity contribution in [1.82, 2.24) is 5.32 Å². The highest BCUT2D eigenvalue weighted by Crippen LogP contribution is 2.72. The van der Waals surface area contributed by atoms with Gasteiger partial charge in [0.1, 0.15) is 4.34 Å². The summed E-state index contributed by atoms with van der Waals surface area (Å²) in [7, 11) is 2.10. The van der Waals surface area contributed by atoms with E-state index in [0.29, 0.717) is 6.04 Å². The van der Waals surface area contributed by atoms with E-state index in [4.69, 9.17) is 11.6 Å². The Bertz CT molecular complexity index is 453. The smallest absolute Gasteiger partial charge is 0.107 e. The molecule has 0 aliphatic heterocycles. The molecule has 0 saturated heterocycles. The third kappa shape index (κ3) is 1.60. The van der Waals surface area contributed by atoms with Gasteiger partial charge in [-0.25, -0.2) is 0 Å². The number of fused-ring (bicyclic) bond motifs is 5. The minimum absolute atomic E-state index is 0.525. The van der Waals surface area contributed by atoms with Crippen LogP contribution in [0.4, 0.5) is 0 Å². The zero-order chi connectivity index (χ0) is 12.4. The van der Waals surface area contributed by atoms with Crippen LogP contribution in [0, 0.1) is 29.6 Å². The van der Waals surface area contributed by atoms with Crippen LogP contribution in [-0.4, -0.2) is 7.05 Å². The lowest BCUT2D eigenvalue weighted by Crippen LogP contribution is -2.20. The predicted octanol–water partition coefficient (Wildman–Crippen LogP) is 4.72. The van der Waals surface area contributed by atoms with E-state index in [2.05, 4.69) is 34.4 Å². The first-order chi connectivity index (χ1) is 8.70. The second kappa shape index (κ2) is 4.21. The minimum Gasteiger partial charge on any atom is -0.312 e. The van der Waals surface area contributed by atoms with Crippen molar-refractivity contribution in [2.75, 3.05) is 7.05 Å². The van der Waals surface area contributed by atoms with Crippen molar-refractivity contribution in [2.24, 2.45) is 29.6 Å². The molecule has 1 aromatic rings. The third-order valence-corrected chi connectivity index (χ3v) is 8.02. The highest BCUT2D eigenvalue weighted by molar-refractivity contribution is 9.10. The Morgan fingerprint density at radius 3 is 2.56 bits per heavy atom. The SMILES string of the molecule is CNC(c1cc(Br)c(Cl)s1)C1C2C3CCC(C3)C21. The molecule has 3 aliphatic rings. The molecule has 3 saturated carbocycles. The lowest BCUT2D eigenvalue weighted by Gasteiger charge is -2.18. The van der Waals surface area contributed by atoms with Gasteiger partial charge >= 0.3 is 0 Å². The molecule has 1 aromatic heterocycles. The molecular weight excluding hydrogens is 330 g/mol. The molecule has 1 nitrogen and oxygen atoms in total. The fraction of sp³-hybridized carbons (Fsp3) is 0.714. The maximum absolute atomic E-state index is 6.19. The van der Waals surface area contributed by atoms with Crippen LogP contribution in [0.1, 0.15) is 30.2 Å². The van der Waals surface area contributed by atoms with Crippen molar-refractivity contribution >= 4 is 38.9 Å². The van der Waals surface area contributed by atoms with Gasteiger partial charge < -0.3 is 5.32 Å². The molecule has 18 heavy (non-hydrogen) atoms. The number of thiophene rings is 1. The molecule has 2 bridgehead atoms. The van der Waals surface area contributed by atoms with Crippen LogP contribution >= 0.6 is 38.9 Å². The average Bonchev–Trinajstić information content (AvgIpc) is 2.69. The lowest BCUT2D eigenvalue weighted by molar-refractivity contribution is 0.389. The molecule has 4 heteroatoms. The lowest BCUT2D eigenvalue weighted by atomic mass is 9.96. The quantitative estimate of drug-likeness (QED) is 0.835. The van der Waals surface area contributed by atoms with Crippen LogP contribution in [-0.2, 0) is 0 Å². The Morgan fingerprint density at radius 2 is 2.06 bits per heavy atom. The van der Waals surface area contributed by atoms with Gasteiger partial charge in [0.15, 0.2) is 0 Å². The van der Waals surface area contributed by atoms with E-state index in [0.717, 1.165) is 38.4 Å². The summed E-state index contributed by atoms with van der Waals surface area (Å²) in [4.78, 5) is 1.41. The highest BCUT2D eigenvalue weighted by atomic mass is 79.9. The summed E-state index contributed by atoms with van der Waals surface area (Å²) >= 11 is 11.5. The van der Waals surface area contributed by atoms with Gasteiger partial charge in [-0.05, 0) is 77.9 Å². The standard InChI is InChI=1S/C14H17BrClNS/c1-17-13(9-5-8(15)14(16)18-9)12-10-6-2-3-7(4-6)11(10)12/h5-7,10-13,17H,2-4H2,1H3. The molecule has 0 spiro atoms. The fourth-order valence-electron chi connectivity index (χ4n) is 4.88. The van der Waals surface area contributed by atoms with E-state index in [1.165, 1.54) is 24.1 Å². The molecule has 5 unspecified atom stereocenters. The van der Waals surface area contributed by atoms with Crippen molar-refractivity contribution in [3.63, 3.8) is 0 Å². The van der Waals surface area contributed by atoms with Gasteiger partial charge in [0.2, 0.25) is 0 Å². The minimum atomic E-state index is 0.525. The number of hydrogen-bond donors (Lipinski definition) is 1. The molecule has 3 fully saturated rings. The summed E-state index contributed by atoms with van der Waals surface area (Å²) < 4.78 is 1.94. The van der Waals surface area contributed by atoms with Gasteiger partial charge in [0, 0.05) is 15.4 Å². The van der Waals surface area contributed by atoms with Gasteiger partial charge in [-0.2, -0.15) is 0 Å². The molecule has 98 valence electrons. The van der Waals surface area contributed by atoms with E-state index in [1.807, 2.05) is 0 Å². The molecule has 0 amide bonds. The first-order valence-electron chi connectivity index (χ1n) is 6.82. The second-order valence-corrected chi connectivity index (χ2v) is 8.64. The van der Waals surface area contributed by atoms with Crippen molar-refractivity contribution in [1.29, 1.82) is 0 Å². The summed E-state index contributed by atoms with van der Waals surface area (Å²) in [5.74, 6) is 4.99. The number of hydrogen-bond acceptors (Lipinski definition) is 2. The number of rotatable bonds is 3. The van der Waals surface area contributed by atoms with Crippen LogP contribution < -0.4 is 5.32 Å². The number of nitrogens with one attached hydrogen (secondary N) is 1. The Labute approximate surface area is 125 Å². The Kier molecular flexibility index (Phi) is 2.85. The summed E-state index contributed by atoms with van der Waals surface area (Å²) in [6, 6.07) is 2.74. The molecule has 1 N–H and O–H groups in total. The van der Waals surface area contributed by atoms with E-state index in [9.17, 15) is 0 Å². The van der Waals surface area contributed by atoms with Gasteiger partial charge in [0.25, 0.3) is 0 Å². The molecule has 1 heterocycles. The first-order valence-corrected chi connectivity index (χ1v) is 8.81. The summed E-state index contributed by atoms with van der Waals surface area (Å²) in [5, 5.41) is 3.55. The molecule has 3 aliphatic carbocycles. The van der Waals surface area contributed by atoms with Gasteiger partial charge in [-0.15, -0.1) is 11.3 Å². The molecular formula is C14H17BrClNS. The highest BCUT2D eigenvalue weighted by Gasteiger charge is 2.66. The molecule has 0 radical (unpaired) electrons. The van der Waals surface area contributed by atoms with E-state index < -0.39 is 0 Å². The third-order valence-electron chi connectivity index (χ3n) is 5.46. The number of halogens is 2. The van der Waals surface area contributed by atoms with Crippen LogP contribution in [0.2, 0.25) is 4.34 Å². The molecule has 5 atom stereocenters. The second-order valence-electron chi connectivity index (χ2n) is 6.10. The summed E-state index contributed by atoms with van der Waals surface area (Å²) in [6.45, 7) is 0. The van der Waals surface area contributed by atoms with Gasteiger partial charge in [-0.3, -0.25) is 0 Å². The largest absolute Gasteiger partial charge is 0.312 e. The molecule has 4 rings (SSSR count). The monoisotopic (exact) mass is 345 g/mol. The first kappa shape index (κ1) is 12.2. The average molecular weight is 347 g/mol. The van der Waals surface area contributed by atoms with Crippen molar-refractivity contribution in [3.05, 3.63) is 19.8 Å². The zero-order valence-electron chi connectivity index (χ0n) is 10.3. The Hall–Kier alpha value is 0.430. The van der Waals surface area contributed by atoms with Gasteiger partial charge in [-0.1, -0.05) is 11.6 Å². The Morgan fingerprint density at radius 1 is 1.39 bits per heavy atom. The van der Waals surface area contributed by atoms with Gasteiger partial charge in [0.05, 0.1) is 0 Å². The topological polar surface area (TPSA) is 12.0 Å². The van der Waals surface area contributed by atoms with Crippen LogP contribution in [0.5, 0.6) is 0 Å². The summed E-state index contributed by atoms with van der Waals surface area (Å²) in [5.41, 5.74) is 0. The normalized spacial score (nSPS) is 42.1. The maximum Gasteiger partial charge on any atom is 0.107 e. The van der Waals surface area contributed by atoms with Crippen LogP contribution in [0.25, 0.3) is 0 Å². The van der Waals surface area contributed by atoms with Crippen molar-refractivity contribution < 1.29 is 0 Å². The van der Waals surface area contributed by atoms with Crippen LogP contribution in [0.15, 0.2) is 10.5 Å². The van der Waals surface area contributed by atoms with Crippen LogP contribution in [0.3, 0.4) is 0 Å². The fourth-order valence-corrected chi connectivity index (χ4v) is 6.78. The van der Waals surface area contributed by atoms with Crippen molar-refractivity contribution in [2.45, 2.75) is 25.3 Å². The van der Waals surface area contributed by atoms with E-state index >= 15 is 0 Å². The predicted molar refractivity (Wildman–Crippen MR) is 80.1 cm³/mol. The van der Waals surface area contributed by atoms with E-state index in [1.54, 1.807) is 11.3 Å². The maximum atomic E-state index is 6.19. The Balaban J connectivity index is 1.60. The summed E-state index contributed by atoms with van der Waals surface area (Å²) in [6.07, 6.45) is 4.51. The molecule has 0 aromatic carbocycles. The zero-order valence-corrected chi connectivity index (χ0v) is 13.5. The van der Waals surface area contributed by atoms with E-state index in [-0.39, 0.29) is 0 Å².